The first kappa shape index (κ1) is 19.9. The molecular formula is C18H21FN2O4S. The van der Waals surface area contributed by atoms with E-state index < -0.39 is 21.9 Å². The van der Waals surface area contributed by atoms with Crippen LogP contribution in [0.4, 0.5) is 10.1 Å². The summed E-state index contributed by atoms with van der Waals surface area (Å²) in [5, 5.41) is 0. The highest BCUT2D eigenvalue weighted by molar-refractivity contribution is 7.88. The summed E-state index contributed by atoms with van der Waals surface area (Å²) in [5.74, 6) is -0.137. The van der Waals surface area contributed by atoms with Crippen LogP contribution in [0.2, 0.25) is 0 Å². The lowest BCUT2D eigenvalue weighted by atomic mass is 10.0. The maximum atomic E-state index is 13.1. The number of amides is 1. The number of anilines is 1. The second-order valence-electron chi connectivity index (χ2n) is 5.85. The lowest BCUT2D eigenvalue weighted by Gasteiger charge is -2.22. The van der Waals surface area contributed by atoms with Crippen LogP contribution in [-0.4, -0.2) is 34.7 Å². The molecule has 0 radical (unpaired) electrons. The van der Waals surface area contributed by atoms with E-state index in [-0.39, 0.29) is 12.3 Å². The van der Waals surface area contributed by atoms with Crippen molar-refractivity contribution in [3.05, 3.63) is 59.9 Å². The lowest BCUT2D eigenvalue weighted by Crippen LogP contribution is -2.34. The van der Waals surface area contributed by atoms with E-state index in [1.165, 1.54) is 36.3 Å². The number of hydrogen-bond acceptors (Lipinski definition) is 4. The first-order valence-electron chi connectivity index (χ1n) is 7.83. The molecule has 2 aromatic carbocycles. The third-order valence-corrected chi connectivity index (χ3v) is 4.53. The molecule has 0 bridgehead atoms. The van der Waals surface area contributed by atoms with E-state index >= 15 is 0 Å². The smallest absolute Gasteiger partial charge is 0.228 e. The van der Waals surface area contributed by atoms with Gasteiger partial charge < -0.3 is 9.64 Å². The van der Waals surface area contributed by atoms with Gasteiger partial charge in [-0.15, -0.1) is 0 Å². The molecule has 1 atom stereocenters. The number of rotatable bonds is 7. The van der Waals surface area contributed by atoms with E-state index in [0.29, 0.717) is 17.0 Å². The minimum atomic E-state index is -3.56. The van der Waals surface area contributed by atoms with Crippen molar-refractivity contribution in [1.29, 1.82) is 0 Å². The molecule has 2 aromatic rings. The number of sulfonamides is 1. The minimum Gasteiger partial charge on any atom is -0.497 e. The summed E-state index contributed by atoms with van der Waals surface area (Å²) in [6.07, 6.45) is 0.895. The Morgan fingerprint density at radius 3 is 2.46 bits per heavy atom. The fourth-order valence-electron chi connectivity index (χ4n) is 2.46. The van der Waals surface area contributed by atoms with Crippen molar-refractivity contribution < 1.29 is 22.3 Å². The molecule has 0 saturated carbocycles. The van der Waals surface area contributed by atoms with Crippen molar-refractivity contribution in [3.8, 4) is 5.75 Å². The average molecular weight is 380 g/mol. The normalized spacial score (nSPS) is 12.5. The van der Waals surface area contributed by atoms with Gasteiger partial charge in [0.1, 0.15) is 11.6 Å². The molecule has 2 rings (SSSR count). The number of halogens is 1. The first-order valence-corrected chi connectivity index (χ1v) is 9.72. The van der Waals surface area contributed by atoms with Gasteiger partial charge in [0.25, 0.3) is 0 Å². The Morgan fingerprint density at radius 1 is 1.23 bits per heavy atom. The number of methoxy groups -OCH3 is 1. The van der Waals surface area contributed by atoms with E-state index in [2.05, 4.69) is 4.72 Å². The standard InChI is InChI=1S/C18H21FN2O4S/c1-21(15-5-4-6-16(11-15)25-2)18(22)12-17(20-26(3,23)24)13-7-9-14(19)10-8-13/h4-11,17,20H,12H2,1-3H3. The molecule has 1 amide bonds. The largest absolute Gasteiger partial charge is 0.497 e. The predicted molar refractivity (Wildman–Crippen MR) is 98.1 cm³/mol. The lowest BCUT2D eigenvalue weighted by molar-refractivity contribution is -0.118. The van der Waals surface area contributed by atoms with Gasteiger partial charge in [-0.3, -0.25) is 4.79 Å². The Morgan fingerprint density at radius 2 is 1.88 bits per heavy atom. The van der Waals surface area contributed by atoms with Gasteiger partial charge >= 0.3 is 0 Å². The number of carbonyl (C=O) groups is 1. The average Bonchev–Trinajstić information content (AvgIpc) is 2.60. The van der Waals surface area contributed by atoms with E-state index in [1.54, 1.807) is 31.3 Å². The molecule has 0 aliphatic carbocycles. The molecule has 0 fully saturated rings. The number of hydrogen-bond donors (Lipinski definition) is 1. The highest BCUT2D eigenvalue weighted by Gasteiger charge is 2.22. The summed E-state index contributed by atoms with van der Waals surface area (Å²) >= 11 is 0. The van der Waals surface area contributed by atoms with Gasteiger partial charge in [0.05, 0.1) is 19.4 Å². The van der Waals surface area contributed by atoms with Crippen molar-refractivity contribution in [1.82, 2.24) is 4.72 Å². The van der Waals surface area contributed by atoms with Crippen molar-refractivity contribution in [2.75, 3.05) is 25.3 Å². The zero-order chi connectivity index (χ0) is 19.3. The van der Waals surface area contributed by atoms with Gasteiger partial charge in [0.2, 0.25) is 15.9 Å². The Balaban J connectivity index is 2.23. The van der Waals surface area contributed by atoms with Gasteiger partial charge in [-0.2, -0.15) is 0 Å². The fraction of sp³-hybridized carbons (Fsp3) is 0.278. The van der Waals surface area contributed by atoms with Crippen molar-refractivity contribution in [2.45, 2.75) is 12.5 Å². The number of nitrogens with one attached hydrogen (secondary N) is 1. The predicted octanol–water partition coefficient (Wildman–Crippen LogP) is 2.48. The molecule has 8 heteroatoms. The Labute approximate surface area is 152 Å². The van der Waals surface area contributed by atoms with Gasteiger partial charge in [0.15, 0.2) is 0 Å². The molecule has 1 unspecified atom stereocenters. The van der Waals surface area contributed by atoms with Crippen LogP contribution in [-0.2, 0) is 14.8 Å². The summed E-state index contributed by atoms with van der Waals surface area (Å²) in [7, 11) is -0.437. The summed E-state index contributed by atoms with van der Waals surface area (Å²) in [6, 6.07) is 11.5. The van der Waals surface area contributed by atoms with Gasteiger partial charge in [-0.1, -0.05) is 18.2 Å². The van der Waals surface area contributed by atoms with E-state index in [4.69, 9.17) is 4.74 Å². The van der Waals surface area contributed by atoms with Crippen LogP contribution in [0.15, 0.2) is 48.5 Å². The number of nitrogens with zero attached hydrogens (tertiary/aromatic N) is 1. The number of ether oxygens (including phenoxy) is 1. The van der Waals surface area contributed by atoms with Crippen LogP contribution in [0.5, 0.6) is 5.75 Å². The molecule has 0 saturated heterocycles. The van der Waals surface area contributed by atoms with Crippen LogP contribution in [0.25, 0.3) is 0 Å². The van der Waals surface area contributed by atoms with Crippen LogP contribution < -0.4 is 14.4 Å². The summed E-state index contributed by atoms with van der Waals surface area (Å²) in [6.45, 7) is 0. The summed E-state index contributed by atoms with van der Waals surface area (Å²) < 4.78 is 44.0. The van der Waals surface area contributed by atoms with Crippen LogP contribution in [0.3, 0.4) is 0 Å². The van der Waals surface area contributed by atoms with Gasteiger partial charge in [-0.25, -0.2) is 17.5 Å². The Bertz CT molecular complexity index is 869. The minimum absolute atomic E-state index is 0.119. The van der Waals surface area contributed by atoms with Crippen molar-refractivity contribution in [3.63, 3.8) is 0 Å². The second-order valence-corrected chi connectivity index (χ2v) is 7.63. The quantitative estimate of drug-likeness (QED) is 0.801. The second kappa shape index (κ2) is 8.29. The topological polar surface area (TPSA) is 75.7 Å². The summed E-state index contributed by atoms with van der Waals surface area (Å²) in [5.41, 5.74) is 1.12. The molecule has 26 heavy (non-hydrogen) atoms. The van der Waals surface area contributed by atoms with Crippen molar-refractivity contribution in [2.24, 2.45) is 0 Å². The van der Waals surface area contributed by atoms with Crippen molar-refractivity contribution >= 4 is 21.6 Å². The van der Waals surface area contributed by atoms with Crippen LogP contribution in [0, 0.1) is 5.82 Å². The zero-order valence-electron chi connectivity index (χ0n) is 14.8. The van der Waals surface area contributed by atoms with E-state index in [9.17, 15) is 17.6 Å². The van der Waals surface area contributed by atoms with Gasteiger partial charge in [0, 0.05) is 25.2 Å². The molecule has 1 N–H and O–H groups in total. The molecular weight excluding hydrogens is 359 g/mol. The van der Waals surface area contributed by atoms with Crippen LogP contribution in [0.1, 0.15) is 18.0 Å². The highest BCUT2D eigenvalue weighted by Crippen LogP contribution is 2.24. The SMILES string of the molecule is COc1cccc(N(C)C(=O)CC(NS(C)(=O)=O)c2ccc(F)cc2)c1. The maximum Gasteiger partial charge on any atom is 0.228 e. The van der Waals surface area contributed by atoms with E-state index in [0.717, 1.165) is 6.26 Å². The molecule has 140 valence electrons. The summed E-state index contributed by atoms with van der Waals surface area (Å²) in [4.78, 5) is 14.1. The molecule has 0 heterocycles. The Kier molecular flexibility index (Phi) is 6.33. The fourth-order valence-corrected chi connectivity index (χ4v) is 3.19. The van der Waals surface area contributed by atoms with E-state index in [1.807, 2.05) is 0 Å². The van der Waals surface area contributed by atoms with Gasteiger partial charge in [-0.05, 0) is 29.8 Å². The first-order chi connectivity index (χ1) is 12.2. The third-order valence-electron chi connectivity index (χ3n) is 3.82. The molecule has 0 aromatic heterocycles. The van der Waals surface area contributed by atoms with Crippen LogP contribution >= 0.6 is 0 Å². The third kappa shape index (κ3) is 5.53. The maximum absolute atomic E-state index is 13.1. The molecule has 0 aliphatic heterocycles. The molecule has 6 nitrogen and oxygen atoms in total. The number of benzene rings is 2. The zero-order valence-corrected chi connectivity index (χ0v) is 15.6. The molecule has 0 spiro atoms. The highest BCUT2D eigenvalue weighted by atomic mass is 32.2. The Hall–Kier alpha value is -2.45. The molecule has 0 aliphatic rings. The monoisotopic (exact) mass is 380 g/mol. The number of carbonyl (C=O) groups excluding carboxylic acids is 1.